The van der Waals surface area contributed by atoms with Gasteiger partial charge < -0.3 is 9.88 Å². The lowest BCUT2D eigenvalue weighted by atomic mass is 9.93. The lowest BCUT2D eigenvalue weighted by Crippen LogP contribution is -2.43. The Balaban J connectivity index is 1.42. The number of thioether (sulfide) groups is 1. The van der Waals surface area contributed by atoms with Crippen LogP contribution in [0.3, 0.4) is 0 Å². The van der Waals surface area contributed by atoms with Crippen molar-refractivity contribution in [3.63, 3.8) is 0 Å². The van der Waals surface area contributed by atoms with Gasteiger partial charge in [-0.05, 0) is 38.5 Å². The Morgan fingerprint density at radius 3 is 2.46 bits per heavy atom. The summed E-state index contributed by atoms with van der Waals surface area (Å²) in [6.45, 7) is 0. The summed E-state index contributed by atoms with van der Waals surface area (Å²) < 4.78 is 25.0. The molecule has 2 heterocycles. The van der Waals surface area contributed by atoms with Gasteiger partial charge in [-0.25, -0.2) is 13.4 Å². The zero-order valence-electron chi connectivity index (χ0n) is 14.0. The molecule has 3 rings (SSSR count). The van der Waals surface area contributed by atoms with E-state index < -0.39 is 9.84 Å². The molecule has 1 aliphatic heterocycles. The molecule has 1 N–H and O–H groups in total. The summed E-state index contributed by atoms with van der Waals surface area (Å²) in [7, 11) is -0.903. The van der Waals surface area contributed by atoms with Crippen molar-refractivity contribution in [3.8, 4) is 0 Å². The number of carbonyl (C=O) groups excluding carboxylic acids is 1. The third-order valence-electron chi connectivity index (χ3n) is 5.00. The van der Waals surface area contributed by atoms with E-state index in [9.17, 15) is 13.2 Å². The first-order valence-electron chi connectivity index (χ1n) is 8.58. The van der Waals surface area contributed by atoms with Gasteiger partial charge in [0.05, 0.1) is 11.5 Å². The molecule has 2 fully saturated rings. The quantitative estimate of drug-likeness (QED) is 0.872. The summed E-state index contributed by atoms with van der Waals surface area (Å²) in [5, 5.41) is 4.74. The number of nitrogens with one attached hydrogen (secondary N) is 1. The number of hydrogen-bond acceptors (Lipinski definition) is 5. The Labute approximate surface area is 147 Å². The van der Waals surface area contributed by atoms with Crippen LogP contribution in [0.2, 0.25) is 0 Å². The highest BCUT2D eigenvalue weighted by atomic mass is 32.2. The molecule has 24 heavy (non-hydrogen) atoms. The van der Waals surface area contributed by atoms with E-state index in [2.05, 4.69) is 10.3 Å². The first kappa shape index (κ1) is 17.8. The topological polar surface area (TPSA) is 81.1 Å². The largest absolute Gasteiger partial charge is 0.353 e. The highest BCUT2D eigenvalue weighted by molar-refractivity contribution is 7.99. The molecule has 1 aliphatic carbocycles. The summed E-state index contributed by atoms with van der Waals surface area (Å²) in [5.41, 5.74) is 0. The zero-order chi connectivity index (χ0) is 17.2. The van der Waals surface area contributed by atoms with Crippen LogP contribution in [0.5, 0.6) is 0 Å². The second kappa shape index (κ2) is 7.47. The lowest BCUT2D eigenvalue weighted by molar-refractivity contribution is -0.126. The lowest BCUT2D eigenvalue weighted by Gasteiger charge is -2.30. The molecule has 0 radical (unpaired) electrons. The summed E-state index contributed by atoms with van der Waals surface area (Å²) in [4.78, 5) is 16.7. The van der Waals surface area contributed by atoms with E-state index in [1.165, 1.54) is 0 Å². The van der Waals surface area contributed by atoms with E-state index in [4.69, 9.17) is 0 Å². The van der Waals surface area contributed by atoms with Crippen molar-refractivity contribution in [2.75, 3.05) is 11.5 Å². The number of aromatic nitrogens is 2. The van der Waals surface area contributed by atoms with E-state index in [1.807, 2.05) is 35.8 Å². The fraction of sp³-hybridized carbons (Fsp3) is 0.750. The van der Waals surface area contributed by atoms with Gasteiger partial charge >= 0.3 is 0 Å². The van der Waals surface area contributed by atoms with Crippen LogP contribution < -0.4 is 5.32 Å². The van der Waals surface area contributed by atoms with Crippen LogP contribution in [0.1, 0.15) is 38.5 Å². The van der Waals surface area contributed by atoms with Gasteiger partial charge in [0, 0.05) is 36.7 Å². The van der Waals surface area contributed by atoms with Gasteiger partial charge in [-0.15, -0.1) is 0 Å². The van der Waals surface area contributed by atoms with Crippen LogP contribution in [0.15, 0.2) is 17.6 Å². The molecule has 0 spiro atoms. The average Bonchev–Trinajstić information content (AvgIpc) is 2.94. The molecular weight excluding hydrogens is 346 g/mol. The van der Waals surface area contributed by atoms with E-state index in [1.54, 1.807) is 0 Å². The Kier molecular flexibility index (Phi) is 5.54. The van der Waals surface area contributed by atoms with E-state index in [0.717, 1.165) is 30.8 Å². The SMILES string of the molecule is Cn1ccnc1SC1CCC(NC(=O)C2CCS(=O)(=O)CC2)CC1. The smallest absolute Gasteiger partial charge is 0.223 e. The third kappa shape index (κ3) is 4.53. The molecular formula is C16H25N3O3S2. The normalized spacial score (nSPS) is 27.7. The standard InChI is InChI=1S/C16H25N3O3S2/c1-19-9-8-17-16(19)23-14-4-2-13(3-5-14)18-15(20)12-6-10-24(21,22)11-7-12/h8-9,12-14H,2-7,10-11H2,1H3,(H,18,20). The second-order valence-corrected chi connectivity index (χ2v) is 10.4. The summed E-state index contributed by atoms with van der Waals surface area (Å²) in [6, 6.07) is 0.231. The number of hydrogen-bond donors (Lipinski definition) is 1. The number of carbonyl (C=O) groups is 1. The van der Waals surface area contributed by atoms with Crippen LogP contribution in [0.25, 0.3) is 0 Å². The molecule has 0 atom stereocenters. The highest BCUT2D eigenvalue weighted by Crippen LogP contribution is 2.33. The number of sulfone groups is 1. The first-order chi connectivity index (χ1) is 11.4. The maximum atomic E-state index is 12.3. The number of nitrogens with zero attached hydrogens (tertiary/aromatic N) is 2. The molecule has 8 heteroatoms. The van der Waals surface area contributed by atoms with E-state index in [0.29, 0.717) is 18.1 Å². The van der Waals surface area contributed by atoms with Gasteiger partial charge in [-0.2, -0.15) is 0 Å². The van der Waals surface area contributed by atoms with Crippen molar-refractivity contribution in [3.05, 3.63) is 12.4 Å². The molecule has 134 valence electrons. The summed E-state index contributed by atoms with van der Waals surface area (Å²) >= 11 is 1.82. The number of amides is 1. The predicted octanol–water partition coefficient (Wildman–Crippen LogP) is 1.76. The molecule has 0 bridgehead atoms. The fourth-order valence-corrected chi connectivity index (χ4v) is 6.06. The summed E-state index contributed by atoms with van der Waals surface area (Å²) in [5.74, 6) is 0.217. The van der Waals surface area contributed by atoms with Gasteiger partial charge in [0.25, 0.3) is 0 Å². The van der Waals surface area contributed by atoms with Gasteiger partial charge in [0.1, 0.15) is 9.84 Å². The molecule has 2 aliphatic rings. The zero-order valence-corrected chi connectivity index (χ0v) is 15.6. The van der Waals surface area contributed by atoms with Gasteiger partial charge in [-0.1, -0.05) is 11.8 Å². The maximum Gasteiger partial charge on any atom is 0.223 e. The molecule has 0 aromatic carbocycles. The van der Waals surface area contributed by atoms with Crippen molar-refractivity contribution >= 4 is 27.5 Å². The monoisotopic (exact) mass is 371 g/mol. The van der Waals surface area contributed by atoms with Crippen molar-refractivity contribution < 1.29 is 13.2 Å². The Morgan fingerprint density at radius 1 is 1.21 bits per heavy atom. The summed E-state index contributed by atoms with van der Waals surface area (Å²) in [6.07, 6.45) is 8.83. The van der Waals surface area contributed by atoms with Gasteiger partial charge in [0.2, 0.25) is 5.91 Å². The van der Waals surface area contributed by atoms with Gasteiger partial charge in [0.15, 0.2) is 5.16 Å². The number of aryl methyl sites for hydroxylation is 1. The number of imidazole rings is 1. The molecule has 1 aromatic rings. The van der Waals surface area contributed by atoms with Crippen LogP contribution in [0, 0.1) is 5.92 Å². The molecule has 6 nitrogen and oxygen atoms in total. The molecule has 1 saturated carbocycles. The van der Waals surface area contributed by atoms with E-state index in [-0.39, 0.29) is 29.4 Å². The average molecular weight is 372 g/mol. The Hall–Kier alpha value is -1.02. The Morgan fingerprint density at radius 2 is 1.88 bits per heavy atom. The van der Waals surface area contributed by atoms with E-state index >= 15 is 0 Å². The number of rotatable bonds is 4. The second-order valence-electron chi connectivity index (χ2n) is 6.85. The molecule has 1 saturated heterocycles. The highest BCUT2D eigenvalue weighted by Gasteiger charge is 2.30. The minimum absolute atomic E-state index is 0.0464. The predicted molar refractivity (Wildman–Crippen MR) is 94.6 cm³/mol. The van der Waals surface area contributed by atoms with Crippen LogP contribution in [-0.2, 0) is 21.7 Å². The van der Waals surface area contributed by atoms with Crippen molar-refractivity contribution in [2.45, 2.75) is 55.0 Å². The van der Waals surface area contributed by atoms with Crippen LogP contribution in [0.4, 0.5) is 0 Å². The third-order valence-corrected chi connectivity index (χ3v) is 8.12. The fourth-order valence-electron chi connectivity index (χ4n) is 3.41. The van der Waals surface area contributed by atoms with Crippen molar-refractivity contribution in [1.82, 2.24) is 14.9 Å². The molecule has 1 aromatic heterocycles. The van der Waals surface area contributed by atoms with Crippen LogP contribution in [-0.4, -0.2) is 46.7 Å². The minimum atomic E-state index is -2.91. The minimum Gasteiger partial charge on any atom is -0.353 e. The van der Waals surface area contributed by atoms with Gasteiger partial charge in [-0.3, -0.25) is 4.79 Å². The first-order valence-corrected chi connectivity index (χ1v) is 11.3. The Bertz CT molecular complexity index is 664. The van der Waals surface area contributed by atoms with Crippen molar-refractivity contribution in [2.24, 2.45) is 13.0 Å². The molecule has 0 unspecified atom stereocenters. The molecule has 1 amide bonds. The van der Waals surface area contributed by atoms with Crippen molar-refractivity contribution in [1.29, 1.82) is 0 Å². The van der Waals surface area contributed by atoms with Crippen LogP contribution >= 0.6 is 11.8 Å². The maximum absolute atomic E-state index is 12.3.